The maximum absolute atomic E-state index is 11.8. The molecule has 1 saturated heterocycles. The van der Waals surface area contributed by atoms with Gasteiger partial charge in [-0.1, -0.05) is 18.9 Å². The SMILES string of the molecule is COc1ccc(N2C(=S)N[C@@H](c3ccccn3)[C@@H]2c2cccn2C2CCCC2)cc1NC(C)=O. The third kappa shape index (κ3) is 4.14. The summed E-state index contributed by atoms with van der Waals surface area (Å²) in [4.78, 5) is 18.6. The Kier molecular flexibility index (Phi) is 6.24. The number of benzene rings is 1. The van der Waals surface area contributed by atoms with Gasteiger partial charge in [-0.15, -0.1) is 0 Å². The Balaban J connectivity index is 1.62. The lowest BCUT2D eigenvalue weighted by Crippen LogP contribution is -2.30. The molecule has 2 aliphatic rings. The Labute approximate surface area is 205 Å². The fraction of sp³-hybridized carbons (Fsp3) is 0.346. The predicted molar refractivity (Wildman–Crippen MR) is 137 cm³/mol. The van der Waals surface area contributed by atoms with Gasteiger partial charge in [0.15, 0.2) is 5.11 Å². The number of hydrogen-bond donors (Lipinski definition) is 2. The average molecular weight is 476 g/mol. The number of methoxy groups -OCH3 is 1. The zero-order valence-corrected chi connectivity index (χ0v) is 20.2. The minimum Gasteiger partial charge on any atom is -0.495 e. The smallest absolute Gasteiger partial charge is 0.221 e. The first-order chi connectivity index (χ1) is 16.6. The lowest BCUT2D eigenvalue weighted by Gasteiger charge is -2.30. The molecule has 3 aromatic rings. The van der Waals surface area contributed by atoms with E-state index in [1.165, 1.54) is 38.3 Å². The van der Waals surface area contributed by atoms with E-state index in [0.29, 0.717) is 22.6 Å². The molecule has 0 bridgehead atoms. The minimum atomic E-state index is -0.157. The van der Waals surface area contributed by atoms with Gasteiger partial charge in [0, 0.05) is 36.7 Å². The van der Waals surface area contributed by atoms with Crippen molar-refractivity contribution in [3.05, 3.63) is 72.3 Å². The van der Waals surface area contributed by atoms with E-state index in [2.05, 4.69) is 43.4 Å². The van der Waals surface area contributed by atoms with Crippen molar-refractivity contribution in [3.63, 3.8) is 0 Å². The van der Waals surface area contributed by atoms with Crippen molar-refractivity contribution >= 4 is 34.6 Å². The molecule has 1 amide bonds. The molecule has 0 radical (unpaired) electrons. The van der Waals surface area contributed by atoms with Crippen LogP contribution in [0.3, 0.4) is 0 Å². The Hall–Kier alpha value is -3.39. The van der Waals surface area contributed by atoms with Crippen molar-refractivity contribution < 1.29 is 9.53 Å². The van der Waals surface area contributed by atoms with E-state index in [0.717, 1.165) is 11.4 Å². The van der Waals surface area contributed by atoms with Gasteiger partial charge in [-0.05, 0) is 67.5 Å². The molecule has 2 fully saturated rings. The van der Waals surface area contributed by atoms with Crippen LogP contribution < -0.4 is 20.3 Å². The summed E-state index contributed by atoms with van der Waals surface area (Å²) in [5.41, 5.74) is 3.63. The first-order valence-electron chi connectivity index (χ1n) is 11.7. The van der Waals surface area contributed by atoms with Crippen molar-refractivity contribution in [2.24, 2.45) is 0 Å². The van der Waals surface area contributed by atoms with Crippen LogP contribution in [0.1, 0.15) is 62.1 Å². The second-order valence-electron chi connectivity index (χ2n) is 8.84. The molecule has 176 valence electrons. The van der Waals surface area contributed by atoms with E-state index in [1.807, 2.05) is 42.6 Å². The van der Waals surface area contributed by atoms with Crippen LogP contribution in [-0.2, 0) is 4.79 Å². The molecule has 34 heavy (non-hydrogen) atoms. The summed E-state index contributed by atoms with van der Waals surface area (Å²) in [6, 6.07) is 16.3. The molecule has 1 aliphatic carbocycles. The third-order valence-corrected chi connectivity index (χ3v) is 7.02. The van der Waals surface area contributed by atoms with Crippen molar-refractivity contribution in [2.75, 3.05) is 17.3 Å². The molecule has 8 heteroatoms. The highest BCUT2D eigenvalue weighted by molar-refractivity contribution is 7.80. The lowest BCUT2D eigenvalue weighted by atomic mass is 10.00. The normalized spacial score (nSPS) is 20.4. The monoisotopic (exact) mass is 475 g/mol. The van der Waals surface area contributed by atoms with E-state index >= 15 is 0 Å². The standard InChI is InChI=1S/C26H29N5O2S/c1-17(32)28-21-16-19(12-13-23(21)33-2)31-25(22-11-7-15-30(22)18-8-3-4-9-18)24(29-26(31)34)20-10-5-6-14-27-20/h5-7,10-16,18,24-25H,3-4,8-9H2,1-2H3,(H,28,32)(H,29,34)/t24-,25-/m0/s1. The number of ether oxygens (including phenoxy) is 1. The molecular formula is C26H29N5O2S. The van der Waals surface area contributed by atoms with Crippen LogP contribution in [0.4, 0.5) is 11.4 Å². The van der Waals surface area contributed by atoms with Crippen LogP contribution >= 0.6 is 12.2 Å². The number of thiocarbonyl (C=S) groups is 1. The molecule has 0 unspecified atom stereocenters. The van der Waals surface area contributed by atoms with Crippen LogP contribution in [-0.4, -0.2) is 27.7 Å². The Bertz CT molecular complexity index is 1190. The molecule has 0 spiro atoms. The zero-order valence-electron chi connectivity index (χ0n) is 19.4. The summed E-state index contributed by atoms with van der Waals surface area (Å²) in [5, 5.41) is 7.03. The molecule has 3 heterocycles. The second kappa shape index (κ2) is 9.46. The number of aromatic nitrogens is 2. The summed E-state index contributed by atoms with van der Waals surface area (Å²) in [6.07, 6.45) is 8.91. The zero-order chi connectivity index (χ0) is 23.7. The van der Waals surface area contributed by atoms with E-state index in [1.54, 1.807) is 7.11 Å². The van der Waals surface area contributed by atoms with Gasteiger partial charge in [-0.2, -0.15) is 0 Å². The number of nitrogens with one attached hydrogen (secondary N) is 2. The van der Waals surface area contributed by atoms with Crippen LogP contribution in [0.5, 0.6) is 5.75 Å². The van der Waals surface area contributed by atoms with Gasteiger partial charge >= 0.3 is 0 Å². The van der Waals surface area contributed by atoms with Crippen LogP contribution in [0, 0.1) is 0 Å². The highest BCUT2D eigenvalue weighted by Gasteiger charge is 2.42. The van der Waals surface area contributed by atoms with Gasteiger partial charge in [0.05, 0.1) is 24.5 Å². The topological polar surface area (TPSA) is 71.4 Å². The molecule has 2 atom stereocenters. The average Bonchev–Trinajstić information content (AvgIpc) is 3.58. The highest BCUT2D eigenvalue weighted by Crippen LogP contribution is 2.45. The number of anilines is 2. The molecule has 2 N–H and O–H groups in total. The maximum atomic E-state index is 11.8. The molecule has 1 aromatic carbocycles. The number of amides is 1. The van der Waals surface area contributed by atoms with Gasteiger partial charge in [0.1, 0.15) is 11.8 Å². The molecule has 5 rings (SSSR count). The summed E-state index contributed by atoms with van der Waals surface area (Å²) in [7, 11) is 1.59. The summed E-state index contributed by atoms with van der Waals surface area (Å²) in [6.45, 7) is 1.49. The number of carbonyl (C=O) groups excluding carboxylic acids is 1. The number of pyridine rings is 1. The van der Waals surface area contributed by atoms with Gasteiger partial charge in [-0.25, -0.2) is 0 Å². The van der Waals surface area contributed by atoms with E-state index in [4.69, 9.17) is 17.0 Å². The molecule has 1 aliphatic heterocycles. The quantitative estimate of drug-likeness (QED) is 0.481. The molecule has 1 saturated carbocycles. The Morgan fingerprint density at radius 2 is 2.00 bits per heavy atom. The summed E-state index contributed by atoms with van der Waals surface area (Å²) >= 11 is 5.88. The summed E-state index contributed by atoms with van der Waals surface area (Å²) in [5.74, 6) is 0.444. The van der Waals surface area contributed by atoms with Gasteiger partial charge in [0.25, 0.3) is 0 Å². The Morgan fingerprint density at radius 3 is 2.71 bits per heavy atom. The minimum absolute atomic E-state index is 0.100. The Morgan fingerprint density at radius 1 is 1.18 bits per heavy atom. The second-order valence-corrected chi connectivity index (χ2v) is 9.23. The number of nitrogens with zero attached hydrogens (tertiary/aromatic N) is 3. The number of hydrogen-bond acceptors (Lipinski definition) is 4. The highest BCUT2D eigenvalue weighted by atomic mass is 32.1. The van der Waals surface area contributed by atoms with Crippen LogP contribution in [0.2, 0.25) is 0 Å². The fourth-order valence-corrected chi connectivity index (χ4v) is 5.59. The van der Waals surface area contributed by atoms with Crippen molar-refractivity contribution in [2.45, 2.75) is 50.7 Å². The number of carbonyl (C=O) groups is 1. The maximum Gasteiger partial charge on any atom is 0.221 e. The van der Waals surface area contributed by atoms with E-state index in [-0.39, 0.29) is 18.0 Å². The van der Waals surface area contributed by atoms with Gasteiger partial charge in [-0.3, -0.25) is 9.78 Å². The summed E-state index contributed by atoms with van der Waals surface area (Å²) < 4.78 is 7.90. The lowest BCUT2D eigenvalue weighted by molar-refractivity contribution is -0.114. The third-order valence-electron chi connectivity index (χ3n) is 6.70. The van der Waals surface area contributed by atoms with Crippen molar-refractivity contribution in [1.29, 1.82) is 0 Å². The van der Waals surface area contributed by atoms with E-state index < -0.39 is 0 Å². The van der Waals surface area contributed by atoms with Crippen LogP contribution in [0.15, 0.2) is 60.9 Å². The largest absolute Gasteiger partial charge is 0.495 e. The van der Waals surface area contributed by atoms with E-state index in [9.17, 15) is 4.79 Å². The van der Waals surface area contributed by atoms with Gasteiger partial charge in [0.2, 0.25) is 5.91 Å². The fourth-order valence-electron chi connectivity index (χ4n) is 5.24. The first-order valence-corrected chi connectivity index (χ1v) is 12.1. The number of rotatable bonds is 6. The van der Waals surface area contributed by atoms with Gasteiger partial charge < -0.3 is 24.8 Å². The predicted octanol–water partition coefficient (Wildman–Crippen LogP) is 5.14. The molecule has 2 aromatic heterocycles. The van der Waals surface area contributed by atoms with Crippen molar-refractivity contribution in [3.8, 4) is 5.75 Å². The first kappa shape index (κ1) is 22.4. The van der Waals surface area contributed by atoms with Crippen LogP contribution in [0.25, 0.3) is 0 Å². The molecule has 7 nitrogen and oxygen atoms in total. The molecular weight excluding hydrogens is 446 g/mol. The van der Waals surface area contributed by atoms with Crippen molar-refractivity contribution in [1.82, 2.24) is 14.9 Å².